The number of nitrogens with two attached hydrogens (primary N) is 1. The van der Waals surface area contributed by atoms with Crippen LogP contribution in [-0.4, -0.2) is 34.3 Å². The molecule has 1 aliphatic rings. The van der Waals surface area contributed by atoms with Crippen molar-refractivity contribution in [3.05, 3.63) is 18.0 Å². The molecule has 1 fully saturated rings. The van der Waals surface area contributed by atoms with Crippen molar-refractivity contribution in [2.45, 2.75) is 71.0 Å². The first-order valence-corrected chi connectivity index (χ1v) is 8.63. The Labute approximate surface area is 129 Å². The Morgan fingerprint density at radius 3 is 2.71 bits per heavy atom. The molecule has 4 nitrogen and oxygen atoms in total. The third kappa shape index (κ3) is 4.07. The van der Waals surface area contributed by atoms with E-state index in [1.807, 2.05) is 0 Å². The highest BCUT2D eigenvalue weighted by atomic mass is 15.3. The molecule has 1 heterocycles. The Hall–Kier alpha value is -0.870. The van der Waals surface area contributed by atoms with Gasteiger partial charge in [0, 0.05) is 18.8 Å². The molecule has 0 radical (unpaired) electrons. The quantitative estimate of drug-likeness (QED) is 0.839. The molecule has 1 aromatic heterocycles. The van der Waals surface area contributed by atoms with Crippen molar-refractivity contribution in [3.8, 4) is 0 Å². The average molecular weight is 292 g/mol. The molecule has 0 bridgehead atoms. The summed E-state index contributed by atoms with van der Waals surface area (Å²) in [6, 6.07) is 3.34. The van der Waals surface area contributed by atoms with Gasteiger partial charge in [-0.05, 0) is 51.3 Å². The van der Waals surface area contributed by atoms with Crippen LogP contribution in [0.15, 0.2) is 12.3 Å². The molecule has 1 aliphatic carbocycles. The largest absolute Gasteiger partial charge is 0.330 e. The van der Waals surface area contributed by atoms with E-state index in [4.69, 9.17) is 10.8 Å². The maximum atomic E-state index is 5.96. The van der Waals surface area contributed by atoms with E-state index in [0.717, 1.165) is 25.9 Å². The molecule has 0 aliphatic heterocycles. The van der Waals surface area contributed by atoms with Crippen molar-refractivity contribution >= 4 is 0 Å². The van der Waals surface area contributed by atoms with Crippen molar-refractivity contribution in [1.29, 1.82) is 0 Å². The maximum absolute atomic E-state index is 5.96. The van der Waals surface area contributed by atoms with Crippen molar-refractivity contribution in [2.75, 3.05) is 13.6 Å². The van der Waals surface area contributed by atoms with Gasteiger partial charge in [-0.3, -0.25) is 9.58 Å². The van der Waals surface area contributed by atoms with E-state index < -0.39 is 0 Å². The van der Waals surface area contributed by atoms with Gasteiger partial charge in [0.2, 0.25) is 0 Å². The van der Waals surface area contributed by atoms with Gasteiger partial charge in [0.25, 0.3) is 0 Å². The van der Waals surface area contributed by atoms with E-state index >= 15 is 0 Å². The van der Waals surface area contributed by atoms with Crippen LogP contribution in [0.5, 0.6) is 0 Å². The fourth-order valence-electron chi connectivity index (χ4n) is 3.74. The van der Waals surface area contributed by atoms with Gasteiger partial charge >= 0.3 is 0 Å². The lowest BCUT2D eigenvalue weighted by Gasteiger charge is -2.37. The smallest absolute Gasteiger partial charge is 0.0764 e. The molecular weight excluding hydrogens is 260 g/mol. The lowest BCUT2D eigenvalue weighted by molar-refractivity contribution is 0.126. The minimum atomic E-state index is 0.538. The molecule has 1 aromatic rings. The van der Waals surface area contributed by atoms with E-state index in [2.05, 4.69) is 42.7 Å². The fraction of sp³-hybridized carbons (Fsp3) is 0.824. The minimum Gasteiger partial charge on any atom is -0.330 e. The van der Waals surface area contributed by atoms with Gasteiger partial charge in [-0.25, -0.2) is 0 Å². The molecule has 0 amide bonds. The Balaban J connectivity index is 1.97. The SMILES string of the molecule is CCC(CC)n1ccc(CN(C)C2CCCCC2CN)n1. The van der Waals surface area contributed by atoms with Crippen LogP contribution in [0.1, 0.15) is 64.1 Å². The molecule has 2 atom stereocenters. The highest BCUT2D eigenvalue weighted by Gasteiger charge is 2.27. The number of rotatable bonds is 7. The van der Waals surface area contributed by atoms with E-state index in [-0.39, 0.29) is 0 Å². The second-order valence-electron chi connectivity index (χ2n) is 6.52. The molecule has 21 heavy (non-hydrogen) atoms. The molecule has 2 unspecified atom stereocenters. The summed E-state index contributed by atoms with van der Waals surface area (Å²) in [7, 11) is 2.23. The van der Waals surface area contributed by atoms with Crippen molar-refractivity contribution in [3.63, 3.8) is 0 Å². The third-order valence-corrected chi connectivity index (χ3v) is 5.13. The molecule has 0 spiro atoms. The van der Waals surface area contributed by atoms with Gasteiger partial charge in [0.1, 0.15) is 0 Å². The fourth-order valence-corrected chi connectivity index (χ4v) is 3.74. The summed E-state index contributed by atoms with van der Waals surface area (Å²) in [4.78, 5) is 2.47. The molecule has 4 heteroatoms. The van der Waals surface area contributed by atoms with Gasteiger partial charge in [-0.2, -0.15) is 5.10 Å². The minimum absolute atomic E-state index is 0.538. The van der Waals surface area contributed by atoms with Crippen molar-refractivity contribution in [1.82, 2.24) is 14.7 Å². The molecule has 1 saturated carbocycles. The summed E-state index contributed by atoms with van der Waals surface area (Å²) < 4.78 is 2.14. The number of hydrogen-bond acceptors (Lipinski definition) is 3. The lowest BCUT2D eigenvalue weighted by Crippen LogP contribution is -2.42. The first kappa shape index (κ1) is 16.5. The monoisotopic (exact) mass is 292 g/mol. The third-order valence-electron chi connectivity index (χ3n) is 5.13. The van der Waals surface area contributed by atoms with Gasteiger partial charge in [0.15, 0.2) is 0 Å². The Morgan fingerprint density at radius 2 is 2.05 bits per heavy atom. The van der Waals surface area contributed by atoms with Crippen molar-refractivity contribution in [2.24, 2.45) is 11.7 Å². The van der Waals surface area contributed by atoms with Crippen LogP contribution >= 0.6 is 0 Å². The van der Waals surface area contributed by atoms with E-state index in [1.165, 1.54) is 31.4 Å². The number of hydrogen-bond donors (Lipinski definition) is 1. The Morgan fingerprint density at radius 1 is 1.33 bits per heavy atom. The van der Waals surface area contributed by atoms with Crippen LogP contribution in [0.2, 0.25) is 0 Å². The molecule has 2 rings (SSSR count). The van der Waals surface area contributed by atoms with E-state index in [1.54, 1.807) is 0 Å². The predicted octanol–water partition coefficient (Wildman–Crippen LogP) is 3.19. The summed E-state index contributed by atoms with van der Waals surface area (Å²) in [6.07, 6.45) is 9.68. The zero-order valence-electron chi connectivity index (χ0n) is 14.0. The summed E-state index contributed by atoms with van der Waals surface area (Å²) in [5.41, 5.74) is 7.14. The summed E-state index contributed by atoms with van der Waals surface area (Å²) in [5, 5.41) is 4.78. The number of nitrogens with zero attached hydrogens (tertiary/aromatic N) is 3. The molecule has 0 saturated heterocycles. The van der Waals surface area contributed by atoms with E-state index in [9.17, 15) is 0 Å². The Bertz CT molecular complexity index is 411. The number of aromatic nitrogens is 2. The maximum Gasteiger partial charge on any atom is 0.0764 e. The zero-order chi connectivity index (χ0) is 15.2. The van der Waals surface area contributed by atoms with Gasteiger partial charge in [-0.15, -0.1) is 0 Å². The van der Waals surface area contributed by atoms with Crippen LogP contribution in [0.25, 0.3) is 0 Å². The second-order valence-corrected chi connectivity index (χ2v) is 6.52. The summed E-state index contributed by atoms with van der Waals surface area (Å²) >= 11 is 0. The van der Waals surface area contributed by atoms with Crippen LogP contribution in [-0.2, 0) is 6.54 Å². The van der Waals surface area contributed by atoms with Gasteiger partial charge in [0.05, 0.1) is 11.7 Å². The first-order valence-electron chi connectivity index (χ1n) is 8.63. The summed E-state index contributed by atoms with van der Waals surface area (Å²) in [5.74, 6) is 0.657. The van der Waals surface area contributed by atoms with Gasteiger partial charge in [-0.1, -0.05) is 26.7 Å². The predicted molar refractivity (Wildman–Crippen MR) is 88.1 cm³/mol. The van der Waals surface area contributed by atoms with Crippen LogP contribution in [0, 0.1) is 5.92 Å². The second kappa shape index (κ2) is 7.95. The highest BCUT2D eigenvalue weighted by molar-refractivity contribution is 5.00. The first-order chi connectivity index (χ1) is 10.2. The standard InChI is InChI=1S/C17H32N4/c1-4-16(5-2)21-11-10-15(19-21)13-20(3)17-9-7-6-8-14(17)12-18/h10-11,14,16-17H,4-9,12-13,18H2,1-3H3. The topological polar surface area (TPSA) is 47.1 Å². The van der Waals surface area contributed by atoms with Crippen LogP contribution in [0.3, 0.4) is 0 Å². The average Bonchev–Trinajstić information content (AvgIpc) is 2.96. The normalized spacial score (nSPS) is 23.1. The van der Waals surface area contributed by atoms with Crippen molar-refractivity contribution < 1.29 is 0 Å². The lowest BCUT2D eigenvalue weighted by atomic mass is 9.83. The molecule has 0 aromatic carbocycles. The zero-order valence-corrected chi connectivity index (χ0v) is 14.0. The van der Waals surface area contributed by atoms with Gasteiger partial charge < -0.3 is 5.73 Å². The summed E-state index contributed by atoms with van der Waals surface area (Å²) in [6.45, 7) is 6.22. The van der Waals surface area contributed by atoms with Crippen LogP contribution in [0.4, 0.5) is 0 Å². The van der Waals surface area contributed by atoms with Crippen LogP contribution < -0.4 is 5.73 Å². The molecule has 120 valence electrons. The molecule has 2 N–H and O–H groups in total. The van der Waals surface area contributed by atoms with E-state index in [0.29, 0.717) is 18.0 Å². The molecular formula is C17H32N4. The Kier molecular flexibility index (Phi) is 6.24. The highest BCUT2D eigenvalue weighted by Crippen LogP contribution is 2.28.